The van der Waals surface area contributed by atoms with Crippen LogP contribution in [0.5, 0.6) is 5.75 Å². The normalized spacial score (nSPS) is 11.1. The second-order valence-corrected chi connectivity index (χ2v) is 7.77. The van der Waals surface area contributed by atoms with Crippen molar-refractivity contribution in [3.8, 4) is 28.1 Å². The molecule has 10 nitrogen and oxygen atoms in total. The van der Waals surface area contributed by atoms with Crippen LogP contribution < -0.4 is 10.1 Å². The van der Waals surface area contributed by atoms with E-state index in [-0.39, 0.29) is 0 Å². The van der Waals surface area contributed by atoms with E-state index < -0.39 is 0 Å². The van der Waals surface area contributed by atoms with Gasteiger partial charge in [0.25, 0.3) is 0 Å². The fourth-order valence-electron chi connectivity index (χ4n) is 3.62. The number of anilines is 2. The van der Waals surface area contributed by atoms with Gasteiger partial charge < -0.3 is 14.8 Å². The quantitative estimate of drug-likeness (QED) is 0.353. The molecule has 0 radical (unpaired) electrons. The number of nitrogens with zero attached hydrogens (tertiary/aromatic N) is 7. The van der Waals surface area contributed by atoms with Crippen LogP contribution in [0.25, 0.3) is 33.3 Å². The first kappa shape index (κ1) is 21.5. The van der Waals surface area contributed by atoms with Gasteiger partial charge in [-0.15, -0.1) is 0 Å². The number of fused-ring (bicyclic) bond motifs is 1. The fourth-order valence-corrected chi connectivity index (χ4v) is 3.62. The lowest BCUT2D eigenvalue weighted by Crippen LogP contribution is -2.07. The average Bonchev–Trinajstić information content (AvgIpc) is 3.48. The molecule has 4 aromatic heterocycles. The first-order valence-corrected chi connectivity index (χ1v) is 10.7. The molecule has 0 spiro atoms. The van der Waals surface area contributed by atoms with Crippen LogP contribution in [-0.4, -0.2) is 54.8 Å². The largest absolute Gasteiger partial charge is 0.489 e. The van der Waals surface area contributed by atoms with Gasteiger partial charge in [-0.1, -0.05) is 6.07 Å². The molecule has 1 aromatic carbocycles. The van der Waals surface area contributed by atoms with Crippen LogP contribution in [0.3, 0.4) is 0 Å². The summed E-state index contributed by atoms with van der Waals surface area (Å²) < 4.78 is 14.7. The Morgan fingerprint density at radius 2 is 1.68 bits per heavy atom. The fraction of sp³-hybridized carbons (Fsp3) is 0.208. The van der Waals surface area contributed by atoms with Crippen molar-refractivity contribution in [2.45, 2.75) is 0 Å². The molecule has 5 aromatic rings. The van der Waals surface area contributed by atoms with E-state index in [0.717, 1.165) is 39.0 Å². The van der Waals surface area contributed by atoms with Gasteiger partial charge in [0, 0.05) is 62.5 Å². The number of hydrogen-bond acceptors (Lipinski definition) is 8. The van der Waals surface area contributed by atoms with Crippen molar-refractivity contribution in [3.63, 3.8) is 0 Å². The van der Waals surface area contributed by atoms with Crippen molar-refractivity contribution >= 4 is 22.5 Å². The molecule has 0 aliphatic carbocycles. The second kappa shape index (κ2) is 9.28. The van der Waals surface area contributed by atoms with Crippen molar-refractivity contribution in [1.82, 2.24) is 34.5 Å². The summed E-state index contributed by atoms with van der Waals surface area (Å²) in [6.45, 7) is 0.887. The van der Waals surface area contributed by atoms with Crippen molar-refractivity contribution in [1.29, 1.82) is 0 Å². The molecule has 0 amide bonds. The number of rotatable bonds is 8. The van der Waals surface area contributed by atoms with E-state index >= 15 is 0 Å². The first-order chi connectivity index (χ1) is 16.6. The summed E-state index contributed by atoms with van der Waals surface area (Å²) in [6, 6.07) is 7.81. The minimum Gasteiger partial charge on any atom is -0.489 e. The van der Waals surface area contributed by atoms with Gasteiger partial charge in [-0.05, 0) is 23.8 Å². The molecule has 0 bridgehead atoms. The summed E-state index contributed by atoms with van der Waals surface area (Å²) in [4.78, 5) is 13.8. The van der Waals surface area contributed by atoms with Crippen LogP contribution >= 0.6 is 0 Å². The van der Waals surface area contributed by atoms with Crippen molar-refractivity contribution in [3.05, 3.63) is 61.4 Å². The van der Waals surface area contributed by atoms with Crippen LogP contribution in [0.1, 0.15) is 0 Å². The van der Waals surface area contributed by atoms with Crippen LogP contribution in [0, 0.1) is 0 Å². The number of benzene rings is 1. The molecule has 0 atom stereocenters. The Kier molecular flexibility index (Phi) is 5.88. The molecule has 5 rings (SSSR count). The molecule has 0 aliphatic heterocycles. The molecule has 172 valence electrons. The smallest absolute Gasteiger partial charge is 0.227 e. The summed E-state index contributed by atoms with van der Waals surface area (Å²) in [5, 5.41) is 12.7. The van der Waals surface area contributed by atoms with Gasteiger partial charge in [0.2, 0.25) is 5.95 Å². The van der Waals surface area contributed by atoms with E-state index in [9.17, 15) is 0 Å². The van der Waals surface area contributed by atoms with Gasteiger partial charge in [-0.2, -0.15) is 10.2 Å². The summed E-state index contributed by atoms with van der Waals surface area (Å²) >= 11 is 0. The maximum atomic E-state index is 6.01. The highest BCUT2D eigenvalue weighted by molar-refractivity contribution is 5.91. The number of nitrogens with one attached hydrogen (secondary N) is 1. The first-order valence-electron chi connectivity index (χ1n) is 10.7. The Labute approximate surface area is 196 Å². The molecule has 0 unspecified atom stereocenters. The number of pyridine rings is 1. The Morgan fingerprint density at radius 3 is 2.41 bits per heavy atom. The molecular formula is C24H24N8O2. The highest BCUT2D eigenvalue weighted by Crippen LogP contribution is 2.33. The molecule has 0 aliphatic rings. The van der Waals surface area contributed by atoms with Crippen LogP contribution in [0.2, 0.25) is 0 Å². The highest BCUT2D eigenvalue weighted by Gasteiger charge is 2.13. The Morgan fingerprint density at radius 1 is 0.882 bits per heavy atom. The zero-order valence-electron chi connectivity index (χ0n) is 19.1. The van der Waals surface area contributed by atoms with Crippen LogP contribution in [-0.2, 0) is 18.8 Å². The number of methoxy groups -OCH3 is 1. The van der Waals surface area contributed by atoms with E-state index in [4.69, 9.17) is 14.5 Å². The predicted octanol–water partition coefficient (Wildman–Crippen LogP) is 3.59. The zero-order chi connectivity index (χ0) is 23.5. The molecule has 0 saturated carbocycles. The van der Waals surface area contributed by atoms with Crippen molar-refractivity contribution in [2.75, 3.05) is 25.6 Å². The number of hydrogen-bond donors (Lipinski definition) is 1. The topological polar surface area (TPSA) is 105 Å². The Balaban J connectivity index is 1.50. The van der Waals surface area contributed by atoms with Gasteiger partial charge in [0.15, 0.2) is 0 Å². The monoisotopic (exact) mass is 456 g/mol. The third-order valence-corrected chi connectivity index (χ3v) is 5.29. The molecule has 0 fully saturated rings. The van der Waals surface area contributed by atoms with E-state index in [2.05, 4.69) is 25.5 Å². The maximum Gasteiger partial charge on any atom is 0.227 e. The van der Waals surface area contributed by atoms with Gasteiger partial charge in [0.1, 0.15) is 17.9 Å². The molecule has 10 heteroatoms. The lowest BCUT2D eigenvalue weighted by atomic mass is 10.1. The SMILES string of the molecule is COCCOc1cc(-c2cnn(C)c2)ccc1Nc1ncc2ccnc(-c3cnn(C)c3)c2n1. The minimum atomic E-state index is 0.412. The average molecular weight is 457 g/mol. The molecule has 1 N–H and O–H groups in total. The highest BCUT2D eigenvalue weighted by atomic mass is 16.5. The van der Waals surface area contributed by atoms with Crippen LogP contribution in [0.15, 0.2) is 61.4 Å². The summed E-state index contributed by atoms with van der Waals surface area (Å²) in [6.07, 6.45) is 11.0. The number of aromatic nitrogens is 7. The molecular weight excluding hydrogens is 432 g/mol. The van der Waals surface area contributed by atoms with E-state index in [1.807, 2.05) is 57.0 Å². The molecule has 34 heavy (non-hydrogen) atoms. The maximum absolute atomic E-state index is 6.01. The second-order valence-electron chi connectivity index (χ2n) is 7.77. The zero-order valence-corrected chi connectivity index (χ0v) is 19.1. The summed E-state index contributed by atoms with van der Waals surface area (Å²) in [5.74, 6) is 1.11. The summed E-state index contributed by atoms with van der Waals surface area (Å²) in [7, 11) is 5.41. The van der Waals surface area contributed by atoms with Gasteiger partial charge in [0.05, 0.1) is 30.4 Å². The van der Waals surface area contributed by atoms with Gasteiger partial charge in [-0.25, -0.2) is 9.97 Å². The van der Waals surface area contributed by atoms with E-state index in [0.29, 0.717) is 24.9 Å². The van der Waals surface area contributed by atoms with Crippen LogP contribution in [0.4, 0.5) is 11.6 Å². The standard InChI is InChI=1S/C24H24N8O2/c1-31-14-18(12-27-31)16-4-5-20(21(10-16)34-9-8-33-3)29-24-26-11-17-6-7-25-22(23(17)30-24)19-13-28-32(2)15-19/h4-7,10-15H,8-9H2,1-3H3,(H,26,29,30). The lowest BCUT2D eigenvalue weighted by molar-refractivity contribution is 0.146. The van der Waals surface area contributed by atoms with E-state index in [1.165, 1.54) is 0 Å². The van der Waals surface area contributed by atoms with E-state index in [1.54, 1.807) is 35.1 Å². The van der Waals surface area contributed by atoms with Gasteiger partial charge >= 0.3 is 0 Å². The lowest BCUT2D eigenvalue weighted by Gasteiger charge is -2.14. The summed E-state index contributed by atoms with van der Waals surface area (Å²) in [5.41, 5.74) is 5.12. The predicted molar refractivity (Wildman–Crippen MR) is 129 cm³/mol. The van der Waals surface area contributed by atoms with Crippen molar-refractivity contribution in [2.24, 2.45) is 14.1 Å². The number of aryl methyl sites for hydroxylation is 2. The minimum absolute atomic E-state index is 0.412. The number of ether oxygens (including phenoxy) is 2. The molecule has 4 heterocycles. The van der Waals surface area contributed by atoms with Crippen molar-refractivity contribution < 1.29 is 9.47 Å². The third kappa shape index (κ3) is 4.44. The van der Waals surface area contributed by atoms with Gasteiger partial charge in [-0.3, -0.25) is 14.3 Å². The third-order valence-electron chi connectivity index (χ3n) is 5.29. The Bertz CT molecular complexity index is 1440. The Hall–Kier alpha value is -4.31. The molecule has 0 saturated heterocycles.